The van der Waals surface area contributed by atoms with Crippen molar-refractivity contribution in [2.45, 2.75) is 58.9 Å². The number of nitrogens with two attached hydrogens (primary N) is 1. The van der Waals surface area contributed by atoms with Gasteiger partial charge in [-0.1, -0.05) is 52.8 Å². The highest BCUT2D eigenvalue weighted by Gasteiger charge is 2.70. The molecule has 0 radical (unpaired) electrons. The van der Waals surface area contributed by atoms with Gasteiger partial charge in [0.1, 0.15) is 18.1 Å². The van der Waals surface area contributed by atoms with E-state index < -0.39 is 58.9 Å². The number of halogens is 3. The van der Waals surface area contributed by atoms with Crippen LogP contribution in [0.3, 0.4) is 0 Å². The van der Waals surface area contributed by atoms with Gasteiger partial charge in [0.05, 0.1) is 5.52 Å². The molecule has 10 nitrogen and oxygen atoms in total. The Bertz CT molecular complexity index is 1490. The van der Waals surface area contributed by atoms with Crippen molar-refractivity contribution in [3.63, 3.8) is 0 Å². The number of alkyl halides is 3. The lowest BCUT2D eigenvalue weighted by Crippen LogP contribution is -2.61. The molecule has 13 heteroatoms. The molecule has 1 aliphatic heterocycles. The molecule has 41 heavy (non-hydrogen) atoms. The number of fused-ring (bicyclic) bond motifs is 2. The van der Waals surface area contributed by atoms with Gasteiger partial charge in [0.15, 0.2) is 0 Å². The zero-order valence-corrected chi connectivity index (χ0v) is 23.6. The van der Waals surface area contributed by atoms with E-state index in [0.29, 0.717) is 10.9 Å². The van der Waals surface area contributed by atoms with E-state index in [2.05, 4.69) is 5.32 Å². The standard InChI is InChI=1S/C28H34F3N5O5/c1-26(2,3)21(34-25(41)28(29,30)31)24(40)36-12-15-18(27(15,4)5)20(36)23(39)33-19(22(32)38)14-11-17(37)35(6)16-10-8-7-9-13(14)16/h7-11,15,18-21H,12H2,1-6H3,(H2,32,38)(H,33,39)(H,34,41)/t15-,18-,19?,20-,21+/m0/s1. The van der Waals surface area contributed by atoms with Gasteiger partial charge >= 0.3 is 12.1 Å². The van der Waals surface area contributed by atoms with Gasteiger partial charge in [-0.15, -0.1) is 0 Å². The summed E-state index contributed by atoms with van der Waals surface area (Å²) in [6.07, 6.45) is -5.21. The number of amides is 4. The summed E-state index contributed by atoms with van der Waals surface area (Å²) in [6.45, 7) is 8.43. The Morgan fingerprint density at radius 2 is 1.68 bits per heavy atom. The maximum absolute atomic E-state index is 13.9. The maximum atomic E-state index is 13.9. The van der Waals surface area contributed by atoms with Gasteiger partial charge in [0, 0.05) is 25.0 Å². The zero-order chi connectivity index (χ0) is 30.8. The number of carbonyl (C=O) groups excluding carboxylic acids is 4. The third-order valence-electron chi connectivity index (χ3n) is 8.47. The van der Waals surface area contributed by atoms with E-state index in [4.69, 9.17) is 5.73 Å². The second kappa shape index (κ2) is 9.88. The molecule has 1 aliphatic carbocycles. The number of hydrogen-bond donors (Lipinski definition) is 3. The third kappa shape index (κ3) is 5.29. The quantitative estimate of drug-likeness (QED) is 0.480. The number of aryl methyl sites for hydroxylation is 1. The molecule has 5 atom stereocenters. The number of nitrogens with zero attached hydrogens (tertiary/aromatic N) is 2. The number of benzene rings is 1. The van der Waals surface area contributed by atoms with Gasteiger partial charge in [0.25, 0.3) is 5.56 Å². The Morgan fingerprint density at radius 3 is 2.24 bits per heavy atom. The number of carbonyl (C=O) groups is 4. The summed E-state index contributed by atoms with van der Waals surface area (Å²) in [7, 11) is 1.56. The largest absolute Gasteiger partial charge is 0.471 e. The fourth-order valence-corrected chi connectivity index (χ4v) is 6.05. The molecule has 4 amide bonds. The number of pyridine rings is 1. The van der Waals surface area contributed by atoms with Crippen LogP contribution in [0.1, 0.15) is 46.2 Å². The lowest BCUT2D eigenvalue weighted by molar-refractivity contribution is -0.176. The molecule has 1 aromatic heterocycles. The molecular formula is C28H34F3N5O5. The predicted molar refractivity (Wildman–Crippen MR) is 143 cm³/mol. The van der Waals surface area contributed by atoms with E-state index in [1.54, 1.807) is 36.6 Å². The monoisotopic (exact) mass is 577 g/mol. The number of para-hydroxylation sites is 1. The first-order chi connectivity index (χ1) is 18.8. The molecule has 1 aromatic carbocycles. The molecule has 2 fully saturated rings. The molecule has 0 spiro atoms. The minimum atomic E-state index is -5.21. The van der Waals surface area contributed by atoms with E-state index in [1.807, 2.05) is 13.8 Å². The van der Waals surface area contributed by atoms with Crippen molar-refractivity contribution in [2.75, 3.05) is 6.54 Å². The van der Waals surface area contributed by atoms with Crippen molar-refractivity contribution in [3.05, 3.63) is 46.2 Å². The lowest BCUT2D eigenvalue weighted by atomic mass is 9.85. The number of nitrogens with one attached hydrogen (secondary N) is 2. The van der Waals surface area contributed by atoms with Crippen LogP contribution >= 0.6 is 0 Å². The van der Waals surface area contributed by atoms with Crippen LogP contribution in [0.2, 0.25) is 0 Å². The normalized spacial score (nSPS) is 23.0. The van der Waals surface area contributed by atoms with Crippen LogP contribution in [0.4, 0.5) is 13.2 Å². The first-order valence-electron chi connectivity index (χ1n) is 13.1. The first kappa shape index (κ1) is 30.1. The van der Waals surface area contributed by atoms with Gasteiger partial charge in [-0.2, -0.15) is 13.2 Å². The van der Waals surface area contributed by atoms with Crippen LogP contribution in [0.15, 0.2) is 35.1 Å². The fraction of sp³-hybridized carbons (Fsp3) is 0.536. The third-order valence-corrected chi connectivity index (χ3v) is 8.47. The smallest absolute Gasteiger partial charge is 0.368 e. The van der Waals surface area contributed by atoms with Crippen molar-refractivity contribution in [1.82, 2.24) is 20.1 Å². The highest BCUT2D eigenvalue weighted by atomic mass is 19.4. The lowest BCUT2D eigenvalue weighted by Gasteiger charge is -2.38. The first-order valence-corrected chi connectivity index (χ1v) is 13.1. The van der Waals surface area contributed by atoms with Crippen LogP contribution in [0, 0.1) is 22.7 Å². The van der Waals surface area contributed by atoms with E-state index in [1.165, 1.54) is 36.3 Å². The Balaban J connectivity index is 1.70. The summed E-state index contributed by atoms with van der Waals surface area (Å²) in [4.78, 5) is 65.9. The Labute approximate surface area is 234 Å². The summed E-state index contributed by atoms with van der Waals surface area (Å²) in [5.41, 5.74) is 4.45. The minimum Gasteiger partial charge on any atom is -0.368 e. The molecule has 2 aliphatic rings. The summed E-state index contributed by atoms with van der Waals surface area (Å²) in [6, 6.07) is 3.82. The van der Waals surface area contributed by atoms with Crippen LogP contribution in [-0.4, -0.2) is 57.9 Å². The molecule has 1 saturated heterocycles. The number of primary amides is 1. The van der Waals surface area contributed by atoms with Crippen molar-refractivity contribution in [3.8, 4) is 0 Å². The number of rotatable bonds is 6. The topological polar surface area (TPSA) is 144 Å². The highest BCUT2D eigenvalue weighted by Crippen LogP contribution is 2.65. The number of aromatic nitrogens is 1. The summed E-state index contributed by atoms with van der Waals surface area (Å²) >= 11 is 0. The molecule has 4 N–H and O–H groups in total. The maximum Gasteiger partial charge on any atom is 0.471 e. The Kier molecular flexibility index (Phi) is 7.24. The van der Waals surface area contributed by atoms with Crippen LogP contribution in [0.25, 0.3) is 10.9 Å². The number of likely N-dealkylation sites (tertiary alicyclic amines) is 1. The minimum absolute atomic E-state index is 0.0824. The van der Waals surface area contributed by atoms with Gasteiger partial charge in [-0.3, -0.25) is 24.0 Å². The fourth-order valence-electron chi connectivity index (χ4n) is 6.05. The highest BCUT2D eigenvalue weighted by molar-refractivity contribution is 5.98. The molecule has 1 saturated carbocycles. The van der Waals surface area contributed by atoms with E-state index in [0.717, 1.165) is 0 Å². The number of piperidine rings is 1. The SMILES string of the molecule is Cn1c(=O)cc(C(NC(=O)[C@@H]2[C@@H]3[C@H](CN2C(=O)[C@@H](NC(=O)C(F)(F)F)C(C)(C)C)C3(C)C)C(N)=O)c2ccccc21. The van der Waals surface area contributed by atoms with Gasteiger partial charge in [0.2, 0.25) is 17.7 Å². The average molecular weight is 578 g/mol. The predicted octanol–water partition coefficient (Wildman–Crippen LogP) is 1.76. The van der Waals surface area contributed by atoms with Crippen molar-refractivity contribution in [1.29, 1.82) is 0 Å². The number of hydrogen-bond acceptors (Lipinski definition) is 5. The molecule has 1 unspecified atom stereocenters. The van der Waals surface area contributed by atoms with Crippen molar-refractivity contribution < 1.29 is 32.3 Å². The Morgan fingerprint density at radius 1 is 1.07 bits per heavy atom. The zero-order valence-electron chi connectivity index (χ0n) is 23.6. The second-order valence-corrected chi connectivity index (χ2v) is 12.5. The summed E-state index contributed by atoms with van der Waals surface area (Å²) in [5.74, 6) is -5.25. The molecular weight excluding hydrogens is 543 g/mol. The Hall–Kier alpha value is -3.90. The van der Waals surface area contributed by atoms with Gasteiger partial charge in [-0.25, -0.2) is 0 Å². The molecule has 0 bridgehead atoms. The average Bonchev–Trinajstić information content (AvgIpc) is 3.19. The van der Waals surface area contributed by atoms with Crippen LogP contribution in [0.5, 0.6) is 0 Å². The van der Waals surface area contributed by atoms with E-state index in [9.17, 15) is 37.1 Å². The molecule has 4 rings (SSSR count). The summed E-state index contributed by atoms with van der Waals surface area (Å²) < 4.78 is 40.7. The van der Waals surface area contributed by atoms with E-state index >= 15 is 0 Å². The summed E-state index contributed by atoms with van der Waals surface area (Å²) in [5, 5.41) is 4.92. The second-order valence-electron chi connectivity index (χ2n) is 12.5. The van der Waals surface area contributed by atoms with Crippen LogP contribution < -0.4 is 21.9 Å². The van der Waals surface area contributed by atoms with E-state index in [-0.39, 0.29) is 29.4 Å². The molecule has 2 heterocycles. The van der Waals surface area contributed by atoms with Crippen LogP contribution in [-0.2, 0) is 26.2 Å². The van der Waals surface area contributed by atoms with Crippen molar-refractivity contribution >= 4 is 34.5 Å². The molecule has 222 valence electrons. The van der Waals surface area contributed by atoms with Gasteiger partial charge in [-0.05, 0) is 34.3 Å². The van der Waals surface area contributed by atoms with Gasteiger partial charge < -0.3 is 25.8 Å². The molecule has 2 aromatic rings. The van der Waals surface area contributed by atoms with Crippen molar-refractivity contribution in [2.24, 2.45) is 35.4 Å².